The van der Waals surface area contributed by atoms with Gasteiger partial charge in [0.25, 0.3) is 19.2 Å². The predicted octanol–water partition coefficient (Wildman–Crippen LogP) is 17.3. The van der Waals surface area contributed by atoms with Gasteiger partial charge in [-0.25, -0.2) is 21.0 Å². The Morgan fingerprint density at radius 3 is 1.07 bits per heavy atom. The lowest BCUT2D eigenvalue weighted by Crippen LogP contribution is -2.40. The molecule has 5 fully saturated rings. The highest BCUT2D eigenvalue weighted by Gasteiger charge is 2.54. The molecule has 0 spiro atoms. The van der Waals surface area contributed by atoms with Gasteiger partial charge in [-0.05, 0) is 301 Å². The Kier molecular flexibility index (Phi) is 28.1. The summed E-state index contributed by atoms with van der Waals surface area (Å²) in [6, 6.07) is 51.3. The first kappa shape index (κ1) is 90.2. The largest absolute Gasteiger partial charge is 0.480 e. The second-order valence-corrected chi connectivity index (χ2v) is 44.1. The van der Waals surface area contributed by atoms with E-state index < -0.39 is 77.8 Å². The van der Waals surface area contributed by atoms with E-state index in [2.05, 4.69) is 76.4 Å². The van der Waals surface area contributed by atoms with Gasteiger partial charge in [0.2, 0.25) is 57.4 Å². The molecule has 7 N–H and O–H groups in total. The number of carbonyl (C=O) groups excluding carboxylic acids is 3. The van der Waals surface area contributed by atoms with Crippen molar-refractivity contribution in [2.75, 3.05) is 49.4 Å². The van der Waals surface area contributed by atoms with Crippen LogP contribution in [0.1, 0.15) is 97.6 Å². The summed E-state index contributed by atoms with van der Waals surface area (Å²) >= 11 is 13.8. The van der Waals surface area contributed by atoms with Gasteiger partial charge in [-0.1, -0.05) is 72.8 Å². The SMILES string of the molecule is Cc1ccc(NC(=O)C2(c3ccc4c(c3)OCO4)CC2)cc1-c1ccc(S(=O)(=O)Cl)cc1.Cc1ccc(NC(=O)C2(c3ccc4c(c3)OCO4)CC2)cc1-c1ccc(S(=O)(=O)N2CCC[C@H]2C(=O)O)cc1.Cc1ccc(NC(=O)C2(c3ccc4c(c3)OCO4)CC2)cc1-c1ccc(S(=O)(=O)O)cc1.O=C(O)[C@@H]1CCCN1.O=P(Cl)(Cl)Cl.O=S(Cl)Cl. The molecule has 0 aromatic heterocycles. The van der Waals surface area contributed by atoms with Gasteiger partial charge >= 0.3 is 17.1 Å². The summed E-state index contributed by atoms with van der Waals surface area (Å²) < 4.78 is 133. The molecule has 38 heteroatoms. The molecule has 9 aromatic carbocycles. The van der Waals surface area contributed by atoms with Gasteiger partial charge in [-0.15, -0.1) is 0 Å². The number of aryl methyl sites for hydroxylation is 3. The van der Waals surface area contributed by atoms with Gasteiger partial charge in [0, 0.05) is 55.7 Å². The molecule has 2 saturated heterocycles. The minimum Gasteiger partial charge on any atom is -0.480 e. The van der Waals surface area contributed by atoms with Crippen LogP contribution in [0.2, 0.25) is 0 Å². The number of halogens is 6. The molecule has 2 atom stereocenters. The molecule has 0 unspecified atom stereocenters. The first-order chi connectivity index (χ1) is 56.7. The van der Waals surface area contributed by atoms with Crippen LogP contribution in [0.5, 0.6) is 34.5 Å². The quantitative estimate of drug-likeness (QED) is 0.0238. The van der Waals surface area contributed by atoms with Gasteiger partial charge in [-0.2, -0.15) is 12.7 Å². The minimum absolute atomic E-state index is 0.0458. The van der Waals surface area contributed by atoms with E-state index in [0.717, 1.165) is 129 Å². The number of anilines is 3. The zero-order valence-electron chi connectivity index (χ0n) is 64.0. The van der Waals surface area contributed by atoms with Crippen LogP contribution in [-0.2, 0) is 83.2 Å². The summed E-state index contributed by atoms with van der Waals surface area (Å²) in [7, 11) is 0.815. The first-order valence-corrected chi connectivity index (χ1v) is 49.5. The van der Waals surface area contributed by atoms with Gasteiger partial charge in [0.15, 0.2) is 34.5 Å². The number of nitrogens with one attached hydrogen (secondary N) is 4. The third-order valence-electron chi connectivity index (χ3n) is 21.3. The molecule has 5 aliphatic heterocycles. The van der Waals surface area contributed by atoms with E-state index in [9.17, 15) is 63.5 Å². The van der Waals surface area contributed by atoms with Crippen LogP contribution in [0.3, 0.4) is 0 Å². The summed E-state index contributed by atoms with van der Waals surface area (Å²) in [6.45, 7) is 7.46. The summed E-state index contributed by atoms with van der Waals surface area (Å²) in [6.07, 6.45) is 7.15. The number of rotatable bonds is 18. The number of carboxylic acid groups (broad SMARTS) is 2. The normalized spacial score (nSPS) is 17.5. The number of fused-ring (bicyclic) bond motifs is 3. The lowest BCUT2D eigenvalue weighted by molar-refractivity contribution is -0.141. The number of hydrogen-bond donors (Lipinski definition) is 7. The third kappa shape index (κ3) is 21.9. The first-order valence-electron chi connectivity index (χ1n) is 37.1. The Bertz CT molecular complexity index is 5660. The number of ether oxygens (including phenoxy) is 6. The lowest BCUT2D eigenvalue weighted by Gasteiger charge is -2.21. The van der Waals surface area contributed by atoms with Crippen molar-refractivity contribution in [1.29, 1.82) is 0 Å². The molecule has 634 valence electrons. The molecular weight excluding hydrogens is 1780 g/mol. The molecule has 0 radical (unpaired) electrons. The van der Waals surface area contributed by atoms with E-state index in [0.29, 0.717) is 64.4 Å². The Morgan fingerprint density at radius 1 is 0.467 bits per heavy atom. The van der Waals surface area contributed by atoms with E-state index in [1.165, 1.54) is 36.4 Å². The second kappa shape index (κ2) is 37.4. The van der Waals surface area contributed by atoms with E-state index >= 15 is 0 Å². The van der Waals surface area contributed by atoms with Crippen molar-refractivity contribution in [3.8, 4) is 67.9 Å². The van der Waals surface area contributed by atoms with Crippen molar-refractivity contribution < 1.29 is 101 Å². The van der Waals surface area contributed by atoms with Gasteiger partial charge in [0.1, 0.15) is 12.1 Å². The maximum Gasteiger partial charge on any atom is 0.339 e. The van der Waals surface area contributed by atoms with Gasteiger partial charge < -0.3 is 59.9 Å². The van der Waals surface area contributed by atoms with E-state index in [4.69, 9.17) is 48.4 Å². The molecule has 9 aromatic rings. The maximum atomic E-state index is 13.4. The van der Waals surface area contributed by atoms with E-state index in [-0.39, 0.29) is 65.4 Å². The van der Waals surface area contributed by atoms with Crippen LogP contribution in [0, 0.1) is 20.8 Å². The van der Waals surface area contributed by atoms with Crippen molar-refractivity contribution in [2.45, 2.75) is 128 Å². The number of amides is 3. The monoisotopic (exact) mass is 1850 g/mol. The van der Waals surface area contributed by atoms with E-state index in [1.54, 1.807) is 36.4 Å². The number of carbonyl (C=O) groups is 5. The van der Waals surface area contributed by atoms with Gasteiger partial charge in [0.05, 0.1) is 30.9 Å². The van der Waals surface area contributed by atoms with Crippen LogP contribution in [0.25, 0.3) is 33.4 Å². The minimum atomic E-state index is -4.25. The Hall–Kier alpha value is -9.02. The fraction of sp³-hybridized carbons (Fsp3) is 0.280. The lowest BCUT2D eigenvalue weighted by atomic mass is 9.94. The average molecular weight is 1860 g/mol. The predicted molar refractivity (Wildman–Crippen MR) is 457 cm³/mol. The number of hydrogen-bond acceptors (Lipinski definition) is 20. The van der Waals surface area contributed by atoms with Crippen molar-refractivity contribution in [1.82, 2.24) is 9.62 Å². The van der Waals surface area contributed by atoms with Crippen LogP contribution < -0.4 is 49.7 Å². The molecule has 0 bridgehead atoms. The second-order valence-electron chi connectivity index (χ2n) is 29.1. The smallest absolute Gasteiger partial charge is 0.339 e. The molecule has 3 amide bonds. The number of aliphatic carboxylic acids is 2. The molecule has 3 aliphatic carbocycles. The highest BCUT2D eigenvalue weighted by molar-refractivity contribution is 8.26. The number of carboxylic acids is 2. The Morgan fingerprint density at radius 2 is 0.792 bits per heavy atom. The maximum absolute atomic E-state index is 13.4. The van der Waals surface area contributed by atoms with Crippen molar-refractivity contribution in [3.05, 3.63) is 215 Å². The molecular formula is C82H78Cl6N5O22PS4. The zero-order chi connectivity index (χ0) is 86.4. The van der Waals surface area contributed by atoms with Crippen LogP contribution in [-0.4, -0.2) is 124 Å². The zero-order valence-corrected chi connectivity index (χ0v) is 72.7. The van der Waals surface area contributed by atoms with Gasteiger partial charge in [-0.3, -0.25) is 33.1 Å². The van der Waals surface area contributed by atoms with Crippen LogP contribution in [0.4, 0.5) is 17.1 Å². The molecule has 3 saturated carbocycles. The molecule has 5 heterocycles. The number of sulfonamides is 1. The fourth-order valence-corrected chi connectivity index (χ4v) is 17.3. The molecule has 17 rings (SSSR count). The summed E-state index contributed by atoms with van der Waals surface area (Å²) in [5.74, 6) is 1.97. The Labute approximate surface area is 722 Å². The summed E-state index contributed by atoms with van der Waals surface area (Å²) in [5.41, 5.74) is 10.9. The average Bonchev–Trinajstić information content (AvgIpc) is 1.59. The summed E-state index contributed by atoms with van der Waals surface area (Å²) in [4.78, 5) is 61.4. The topological polar surface area (TPSA) is 389 Å². The molecule has 120 heavy (non-hydrogen) atoms. The van der Waals surface area contributed by atoms with Crippen LogP contribution >= 0.6 is 71.0 Å². The standard InChI is InChI=1S/C29H28N2O7S.C24H20ClNO5S.C24H21NO6S.C5H9NO2.Cl3OP.Cl2OS/c1-18-4-8-21(30-28(34)29(12-13-29)20-7-11-25-26(15-20)38-17-37-25)16-23(18)19-5-9-22(10-6-19)39(35,36)31-14-2-3-24(31)27(32)33;1-15-2-6-18(13-20(15)16-3-7-19(8-4-16)32(25,28)29)26-23(27)24(10-11-24)17-5-9-21-22(12-17)31-14-30-21;1-15-2-6-18(13-20(15)16-3-7-19(8-4-16)32(27,28)29)25-23(26)24(10-11-24)17-5-9-21-22(12-17)31-14-30-21;7-5(8)4-2-1-3-6-4;1-5(2,3)4;1-4(2)3/h4-11,15-16,24H,2-3,12-14,17H2,1H3,(H,30,34)(H,32,33);2-9,12-13H,10-11,14H2,1H3,(H,26,27);2-9,12-13H,10-11,14H2,1H3,(H,25,26)(H,27,28,29);4,6H,1-3H2,(H,7,8);;/t24-;;;4-;;/m0..0../s1. The third-order valence-corrected chi connectivity index (χ3v) is 25.5. The van der Waals surface area contributed by atoms with Crippen molar-refractivity contribution >= 4 is 156 Å². The number of benzene rings is 9. The number of nitrogens with zero attached hydrogens (tertiary/aromatic N) is 1. The van der Waals surface area contributed by atoms with Crippen molar-refractivity contribution in [2.24, 2.45) is 0 Å². The van der Waals surface area contributed by atoms with E-state index in [1.807, 2.05) is 130 Å². The highest BCUT2D eigenvalue weighted by Crippen LogP contribution is 2.61. The Balaban J connectivity index is 0.000000150. The van der Waals surface area contributed by atoms with Crippen LogP contribution in [0.15, 0.2) is 197 Å². The molecule has 27 nitrogen and oxygen atoms in total. The fourth-order valence-electron chi connectivity index (χ4n) is 14.4. The summed E-state index contributed by atoms with van der Waals surface area (Å²) in [5, 5.41) is 26.6. The molecule has 8 aliphatic rings. The van der Waals surface area contributed by atoms with Crippen molar-refractivity contribution in [3.63, 3.8) is 0 Å². The highest BCUT2D eigenvalue weighted by atomic mass is 36.0.